The van der Waals surface area contributed by atoms with Gasteiger partial charge in [0, 0.05) is 0 Å². The predicted molar refractivity (Wildman–Crippen MR) is 63.9 cm³/mol. The van der Waals surface area contributed by atoms with Crippen LogP contribution in [0.15, 0.2) is 22.3 Å². The molecule has 2 atom stereocenters. The molecular formula is C14H6N6. The van der Waals surface area contributed by atoms with Crippen LogP contribution in [0.25, 0.3) is 0 Å². The van der Waals surface area contributed by atoms with Gasteiger partial charge in [0.05, 0.1) is 24.0 Å². The molecule has 6 heteroatoms. The zero-order valence-corrected chi connectivity index (χ0v) is 10.3. The zero-order chi connectivity index (χ0) is 15.1. The van der Waals surface area contributed by atoms with Crippen molar-refractivity contribution in [2.24, 2.45) is 11.8 Å². The van der Waals surface area contributed by atoms with Gasteiger partial charge in [-0.3, -0.25) is 0 Å². The maximum Gasteiger partial charge on any atom is 0.130 e. The van der Waals surface area contributed by atoms with Crippen molar-refractivity contribution in [2.45, 2.75) is 12.8 Å². The third-order valence-corrected chi connectivity index (χ3v) is 3.09. The molecule has 0 bridgehead atoms. The summed E-state index contributed by atoms with van der Waals surface area (Å²) in [6.45, 7) is 0. The first kappa shape index (κ1) is 14.5. The highest BCUT2D eigenvalue weighted by Gasteiger charge is 2.33. The van der Waals surface area contributed by atoms with Crippen LogP contribution in [0.4, 0.5) is 0 Å². The van der Waals surface area contributed by atoms with Crippen molar-refractivity contribution in [1.29, 1.82) is 31.6 Å². The molecule has 0 saturated heterocycles. The van der Waals surface area contributed by atoms with Crippen molar-refractivity contribution in [3.05, 3.63) is 22.3 Å². The minimum absolute atomic E-state index is 0.0212. The Kier molecular flexibility index (Phi) is 4.62. The fraction of sp³-hybridized carbons (Fsp3) is 0.286. The Morgan fingerprint density at radius 2 is 0.950 bits per heavy atom. The molecular weight excluding hydrogens is 252 g/mol. The smallest absolute Gasteiger partial charge is 0.130 e. The predicted octanol–water partition coefficient (Wildman–Crippen LogP) is 1.75. The van der Waals surface area contributed by atoms with Crippen LogP contribution in [0.1, 0.15) is 12.8 Å². The molecule has 0 heterocycles. The molecule has 1 aliphatic rings. The van der Waals surface area contributed by atoms with Gasteiger partial charge in [0.25, 0.3) is 0 Å². The van der Waals surface area contributed by atoms with Gasteiger partial charge in [0.15, 0.2) is 0 Å². The Labute approximate surface area is 115 Å². The second kappa shape index (κ2) is 6.38. The second-order valence-corrected chi connectivity index (χ2v) is 4.02. The van der Waals surface area contributed by atoms with Gasteiger partial charge >= 0.3 is 0 Å². The van der Waals surface area contributed by atoms with Crippen molar-refractivity contribution in [1.82, 2.24) is 0 Å². The molecule has 0 aliphatic heterocycles. The van der Waals surface area contributed by atoms with Crippen molar-refractivity contribution in [3.8, 4) is 36.4 Å². The molecule has 0 amide bonds. The summed E-state index contributed by atoms with van der Waals surface area (Å²) in [5.41, 5.74) is 0.267. The first-order valence-electron chi connectivity index (χ1n) is 5.52. The second-order valence-electron chi connectivity index (χ2n) is 4.02. The lowest BCUT2D eigenvalue weighted by Crippen LogP contribution is -2.20. The van der Waals surface area contributed by atoms with E-state index in [0.717, 1.165) is 0 Å². The van der Waals surface area contributed by atoms with Crippen molar-refractivity contribution < 1.29 is 0 Å². The molecule has 6 nitrogen and oxygen atoms in total. The molecule has 1 aliphatic carbocycles. The SMILES string of the molecule is N#CC(C#N)=C1CC(C#N)C(=C(C#N)C#N)CC1C#N. The maximum atomic E-state index is 9.13. The van der Waals surface area contributed by atoms with Gasteiger partial charge in [0.2, 0.25) is 0 Å². The van der Waals surface area contributed by atoms with Gasteiger partial charge in [0.1, 0.15) is 35.4 Å². The lowest BCUT2D eigenvalue weighted by atomic mass is 9.73. The van der Waals surface area contributed by atoms with Gasteiger partial charge in [-0.1, -0.05) is 0 Å². The van der Waals surface area contributed by atoms with Gasteiger partial charge in [-0.15, -0.1) is 0 Å². The molecule has 0 radical (unpaired) electrons. The van der Waals surface area contributed by atoms with Crippen LogP contribution in [0.3, 0.4) is 0 Å². The molecule has 1 rings (SSSR count). The van der Waals surface area contributed by atoms with E-state index < -0.39 is 11.8 Å². The molecule has 1 fully saturated rings. The summed E-state index contributed by atoms with van der Waals surface area (Å²) in [6, 6.07) is 10.8. The van der Waals surface area contributed by atoms with Crippen molar-refractivity contribution in [2.75, 3.05) is 0 Å². The fourth-order valence-electron chi connectivity index (χ4n) is 2.11. The van der Waals surface area contributed by atoms with Crippen LogP contribution in [-0.4, -0.2) is 0 Å². The molecule has 92 valence electrons. The maximum absolute atomic E-state index is 9.13. The Morgan fingerprint density at radius 3 is 1.15 bits per heavy atom. The highest BCUT2D eigenvalue weighted by atomic mass is 14.4. The topological polar surface area (TPSA) is 143 Å². The van der Waals surface area contributed by atoms with Crippen LogP contribution in [-0.2, 0) is 0 Å². The molecule has 0 aromatic heterocycles. The van der Waals surface area contributed by atoms with Gasteiger partial charge in [-0.25, -0.2) is 0 Å². The third kappa shape index (κ3) is 2.47. The molecule has 20 heavy (non-hydrogen) atoms. The fourth-order valence-corrected chi connectivity index (χ4v) is 2.11. The van der Waals surface area contributed by atoms with E-state index in [2.05, 4.69) is 0 Å². The van der Waals surface area contributed by atoms with Crippen LogP contribution < -0.4 is 0 Å². The van der Waals surface area contributed by atoms with Crippen LogP contribution in [0, 0.1) is 79.8 Å². The summed E-state index contributed by atoms with van der Waals surface area (Å²) >= 11 is 0. The minimum atomic E-state index is -0.763. The molecule has 0 N–H and O–H groups in total. The zero-order valence-electron chi connectivity index (χ0n) is 10.3. The van der Waals surface area contributed by atoms with E-state index in [1.54, 1.807) is 24.3 Å². The Hall–Kier alpha value is -3.58. The van der Waals surface area contributed by atoms with Crippen LogP contribution in [0.2, 0.25) is 0 Å². The Balaban J connectivity index is 3.46. The number of hydrogen-bond acceptors (Lipinski definition) is 6. The largest absolute Gasteiger partial charge is 0.198 e. The van der Waals surface area contributed by atoms with Gasteiger partial charge < -0.3 is 0 Å². The standard InChI is InChI=1S/C14H6N6/c15-3-9-1-13(11(5-17)6-18)10(4-16)2-14(9)12(7-19)8-20/h9-10H,1-2H2. The summed E-state index contributed by atoms with van der Waals surface area (Å²) in [5, 5.41) is 53.8. The van der Waals surface area contributed by atoms with Crippen molar-refractivity contribution >= 4 is 0 Å². The van der Waals surface area contributed by atoms with Crippen LogP contribution >= 0.6 is 0 Å². The van der Waals surface area contributed by atoms with Gasteiger partial charge in [-0.2, -0.15) is 31.6 Å². The highest BCUT2D eigenvalue weighted by molar-refractivity contribution is 5.50. The first-order valence-corrected chi connectivity index (χ1v) is 5.52. The van der Waals surface area contributed by atoms with Crippen molar-refractivity contribution in [3.63, 3.8) is 0 Å². The van der Waals surface area contributed by atoms with E-state index >= 15 is 0 Å². The summed E-state index contributed by atoms with van der Waals surface area (Å²) in [7, 11) is 0. The first-order chi connectivity index (χ1) is 9.66. The minimum Gasteiger partial charge on any atom is -0.198 e. The lowest BCUT2D eigenvalue weighted by Gasteiger charge is -2.26. The Bertz CT molecular complexity index is 644. The molecule has 0 spiro atoms. The summed E-state index contributed by atoms with van der Waals surface area (Å²) < 4.78 is 0. The van der Waals surface area contributed by atoms with E-state index in [-0.39, 0.29) is 24.0 Å². The van der Waals surface area contributed by atoms with E-state index in [1.165, 1.54) is 0 Å². The molecule has 1 saturated carbocycles. The number of hydrogen-bond donors (Lipinski definition) is 0. The monoisotopic (exact) mass is 258 g/mol. The Morgan fingerprint density at radius 1 is 0.650 bits per heavy atom. The number of nitrogens with zero attached hydrogens (tertiary/aromatic N) is 6. The number of allylic oxidation sites excluding steroid dienone is 4. The molecule has 2 unspecified atom stereocenters. The van der Waals surface area contributed by atoms with Gasteiger partial charge in [-0.05, 0) is 24.0 Å². The third-order valence-electron chi connectivity index (χ3n) is 3.09. The summed E-state index contributed by atoms with van der Waals surface area (Å²) in [6.07, 6.45) is 0.0424. The van der Waals surface area contributed by atoms with E-state index in [1.807, 2.05) is 12.1 Å². The lowest BCUT2D eigenvalue weighted by molar-refractivity contribution is 0.560. The molecule has 0 aromatic rings. The highest BCUT2D eigenvalue weighted by Crippen LogP contribution is 2.39. The number of rotatable bonds is 0. The van der Waals surface area contributed by atoms with E-state index in [9.17, 15) is 0 Å². The number of nitriles is 6. The molecule has 0 aromatic carbocycles. The summed E-state index contributed by atoms with van der Waals surface area (Å²) in [5.74, 6) is -1.53. The average Bonchev–Trinajstić information content (AvgIpc) is 2.50. The van der Waals surface area contributed by atoms with E-state index in [4.69, 9.17) is 31.6 Å². The van der Waals surface area contributed by atoms with E-state index in [0.29, 0.717) is 11.1 Å². The average molecular weight is 258 g/mol. The summed E-state index contributed by atoms with van der Waals surface area (Å²) in [4.78, 5) is 0. The quantitative estimate of drug-likeness (QED) is 0.605. The normalized spacial score (nSPS) is 20.1. The van der Waals surface area contributed by atoms with Crippen LogP contribution in [0.5, 0.6) is 0 Å².